The molecule has 1 saturated heterocycles. The summed E-state index contributed by atoms with van der Waals surface area (Å²) in [6.07, 6.45) is 5.66. The molecule has 1 fully saturated rings. The molecule has 0 aliphatic carbocycles. The van der Waals surface area contributed by atoms with Gasteiger partial charge in [-0.2, -0.15) is 5.06 Å². The van der Waals surface area contributed by atoms with Gasteiger partial charge in [-0.05, 0) is 32.1 Å². The molecular weight excluding hydrogens is 154 g/mol. The molecule has 12 heavy (non-hydrogen) atoms. The van der Waals surface area contributed by atoms with Crippen molar-refractivity contribution >= 4 is 0 Å². The highest BCUT2D eigenvalue weighted by Gasteiger charge is 2.07. The Morgan fingerprint density at radius 2 is 2.08 bits per heavy atom. The third kappa shape index (κ3) is 4.04. The van der Waals surface area contributed by atoms with Gasteiger partial charge >= 0.3 is 0 Å². The molecule has 0 unspecified atom stereocenters. The van der Waals surface area contributed by atoms with Crippen LogP contribution in [0.2, 0.25) is 0 Å². The lowest BCUT2D eigenvalue weighted by molar-refractivity contribution is -0.152. The predicted octanol–water partition coefficient (Wildman–Crippen LogP) is 1.18. The third-order valence-electron chi connectivity index (χ3n) is 2.14. The van der Waals surface area contributed by atoms with Crippen molar-refractivity contribution < 1.29 is 9.94 Å². The van der Waals surface area contributed by atoms with E-state index in [1.165, 1.54) is 19.3 Å². The number of hydrogen-bond donors (Lipinski definition) is 1. The van der Waals surface area contributed by atoms with E-state index in [2.05, 4.69) is 0 Å². The first kappa shape index (κ1) is 9.96. The monoisotopic (exact) mass is 173 g/mol. The van der Waals surface area contributed by atoms with Crippen LogP contribution in [0.4, 0.5) is 0 Å². The molecule has 0 aromatic carbocycles. The molecule has 72 valence electrons. The van der Waals surface area contributed by atoms with Gasteiger partial charge in [0, 0.05) is 19.7 Å². The summed E-state index contributed by atoms with van der Waals surface area (Å²) in [5.41, 5.74) is 0. The van der Waals surface area contributed by atoms with Gasteiger partial charge in [0.2, 0.25) is 0 Å². The fraction of sp³-hybridized carbons (Fsp3) is 1.00. The Balaban J connectivity index is 2.04. The Morgan fingerprint density at radius 3 is 2.92 bits per heavy atom. The number of aliphatic hydroxyl groups is 1. The minimum Gasteiger partial charge on any atom is -0.396 e. The summed E-state index contributed by atoms with van der Waals surface area (Å²) in [6, 6.07) is 0. The molecule has 0 radical (unpaired) electrons. The van der Waals surface area contributed by atoms with Crippen molar-refractivity contribution in [2.75, 3.05) is 26.3 Å². The van der Waals surface area contributed by atoms with Crippen LogP contribution >= 0.6 is 0 Å². The first-order valence-corrected chi connectivity index (χ1v) is 4.92. The van der Waals surface area contributed by atoms with Crippen molar-refractivity contribution in [3.8, 4) is 0 Å². The molecular formula is C9H19NO2. The second kappa shape index (κ2) is 6.40. The highest BCUT2D eigenvalue weighted by atomic mass is 16.7. The van der Waals surface area contributed by atoms with E-state index in [1.54, 1.807) is 0 Å². The first-order valence-electron chi connectivity index (χ1n) is 4.92. The summed E-state index contributed by atoms with van der Waals surface area (Å²) in [6.45, 7) is 3.21. The van der Waals surface area contributed by atoms with E-state index in [9.17, 15) is 0 Å². The number of hydroxylamine groups is 2. The largest absolute Gasteiger partial charge is 0.396 e. The Labute approximate surface area is 74.3 Å². The van der Waals surface area contributed by atoms with Crippen LogP contribution in [0.1, 0.15) is 32.1 Å². The van der Waals surface area contributed by atoms with Gasteiger partial charge in [0.25, 0.3) is 0 Å². The standard InChI is InChI=1S/C9H19NO2/c11-8-4-3-7-10-6-2-1-5-9-12-10/h11H,1-9H2. The summed E-state index contributed by atoms with van der Waals surface area (Å²) in [7, 11) is 0. The van der Waals surface area contributed by atoms with E-state index >= 15 is 0 Å². The van der Waals surface area contributed by atoms with Gasteiger partial charge in [0.1, 0.15) is 0 Å². The van der Waals surface area contributed by atoms with E-state index in [0.29, 0.717) is 6.61 Å². The summed E-state index contributed by atoms with van der Waals surface area (Å²) in [5.74, 6) is 0. The number of hydrogen-bond acceptors (Lipinski definition) is 3. The Morgan fingerprint density at radius 1 is 1.17 bits per heavy atom. The summed E-state index contributed by atoms with van der Waals surface area (Å²) >= 11 is 0. The molecule has 1 heterocycles. The minimum atomic E-state index is 0.299. The van der Waals surface area contributed by atoms with E-state index in [1.807, 2.05) is 5.06 Å². The number of nitrogens with zero attached hydrogens (tertiary/aromatic N) is 1. The van der Waals surface area contributed by atoms with Crippen molar-refractivity contribution in [1.29, 1.82) is 0 Å². The van der Waals surface area contributed by atoms with Crippen LogP contribution in [0, 0.1) is 0 Å². The number of rotatable bonds is 4. The normalized spacial score (nSPS) is 20.8. The first-order chi connectivity index (χ1) is 5.93. The molecule has 0 spiro atoms. The lowest BCUT2D eigenvalue weighted by Gasteiger charge is -2.18. The number of unbranched alkanes of at least 4 members (excludes halogenated alkanes) is 1. The molecule has 3 nitrogen and oxygen atoms in total. The average molecular weight is 173 g/mol. The Bertz CT molecular complexity index is 101. The third-order valence-corrected chi connectivity index (χ3v) is 2.14. The van der Waals surface area contributed by atoms with E-state index in [0.717, 1.165) is 32.5 Å². The van der Waals surface area contributed by atoms with Crippen molar-refractivity contribution in [1.82, 2.24) is 5.06 Å². The number of aliphatic hydroxyl groups excluding tert-OH is 1. The van der Waals surface area contributed by atoms with Crippen molar-refractivity contribution in [2.45, 2.75) is 32.1 Å². The maximum atomic E-state index is 8.59. The van der Waals surface area contributed by atoms with Gasteiger partial charge in [-0.25, -0.2) is 0 Å². The molecule has 0 aromatic heterocycles. The van der Waals surface area contributed by atoms with E-state index < -0.39 is 0 Å². The van der Waals surface area contributed by atoms with Crippen LogP contribution in [0.3, 0.4) is 0 Å². The van der Waals surface area contributed by atoms with Crippen molar-refractivity contribution in [3.63, 3.8) is 0 Å². The highest BCUT2D eigenvalue weighted by molar-refractivity contribution is 4.53. The highest BCUT2D eigenvalue weighted by Crippen LogP contribution is 2.07. The average Bonchev–Trinajstić information content (AvgIpc) is 2.33. The molecule has 3 heteroatoms. The van der Waals surface area contributed by atoms with Crippen LogP contribution < -0.4 is 0 Å². The topological polar surface area (TPSA) is 32.7 Å². The maximum absolute atomic E-state index is 8.59. The van der Waals surface area contributed by atoms with Crippen molar-refractivity contribution in [3.05, 3.63) is 0 Å². The molecule has 1 aliphatic rings. The van der Waals surface area contributed by atoms with Crippen LogP contribution in [-0.4, -0.2) is 36.5 Å². The van der Waals surface area contributed by atoms with Crippen LogP contribution in [0.5, 0.6) is 0 Å². The second-order valence-electron chi connectivity index (χ2n) is 3.25. The Hall–Kier alpha value is -0.120. The van der Waals surface area contributed by atoms with Crippen LogP contribution in [0.25, 0.3) is 0 Å². The van der Waals surface area contributed by atoms with Gasteiger partial charge in [-0.3, -0.25) is 4.84 Å². The zero-order chi connectivity index (χ0) is 8.65. The molecule has 0 amide bonds. The molecule has 0 atom stereocenters. The second-order valence-corrected chi connectivity index (χ2v) is 3.25. The SMILES string of the molecule is OCCCCN1CCCCCO1. The molecule has 0 bridgehead atoms. The summed E-state index contributed by atoms with van der Waals surface area (Å²) < 4.78 is 0. The quantitative estimate of drug-likeness (QED) is 0.648. The molecule has 0 saturated carbocycles. The van der Waals surface area contributed by atoms with Gasteiger partial charge in [-0.15, -0.1) is 0 Å². The molecule has 0 aromatic rings. The van der Waals surface area contributed by atoms with E-state index in [-0.39, 0.29) is 0 Å². The minimum absolute atomic E-state index is 0.299. The Kier molecular flexibility index (Phi) is 5.32. The van der Waals surface area contributed by atoms with Gasteiger partial charge < -0.3 is 5.11 Å². The molecule has 1 aliphatic heterocycles. The zero-order valence-corrected chi connectivity index (χ0v) is 7.67. The maximum Gasteiger partial charge on any atom is 0.0685 e. The lowest BCUT2D eigenvalue weighted by atomic mass is 10.2. The fourth-order valence-corrected chi connectivity index (χ4v) is 1.40. The van der Waals surface area contributed by atoms with Gasteiger partial charge in [0.05, 0.1) is 6.61 Å². The summed E-state index contributed by atoms with van der Waals surface area (Å²) in [4.78, 5) is 5.50. The summed E-state index contributed by atoms with van der Waals surface area (Å²) in [5, 5.41) is 10.6. The molecule has 1 N–H and O–H groups in total. The van der Waals surface area contributed by atoms with Gasteiger partial charge in [0.15, 0.2) is 0 Å². The van der Waals surface area contributed by atoms with Crippen molar-refractivity contribution in [2.24, 2.45) is 0 Å². The van der Waals surface area contributed by atoms with Gasteiger partial charge in [-0.1, -0.05) is 0 Å². The zero-order valence-electron chi connectivity index (χ0n) is 7.67. The smallest absolute Gasteiger partial charge is 0.0685 e. The predicted molar refractivity (Wildman–Crippen MR) is 47.7 cm³/mol. The van der Waals surface area contributed by atoms with E-state index in [4.69, 9.17) is 9.94 Å². The van der Waals surface area contributed by atoms with Crippen LogP contribution in [0.15, 0.2) is 0 Å². The lowest BCUT2D eigenvalue weighted by Crippen LogP contribution is -2.25. The van der Waals surface area contributed by atoms with Crippen LogP contribution in [-0.2, 0) is 4.84 Å². The molecule has 1 rings (SSSR count). The fourth-order valence-electron chi connectivity index (χ4n) is 1.40.